The van der Waals surface area contributed by atoms with E-state index in [-0.39, 0.29) is 12.3 Å². The van der Waals surface area contributed by atoms with E-state index in [0.29, 0.717) is 29.9 Å². The number of carbonyl (C=O) groups excluding carboxylic acids is 2. The minimum Gasteiger partial charge on any atom is -0.386 e. The Bertz CT molecular complexity index is 1280. The second-order valence-electron chi connectivity index (χ2n) is 8.03. The van der Waals surface area contributed by atoms with E-state index < -0.39 is 27.9 Å². The summed E-state index contributed by atoms with van der Waals surface area (Å²) in [6.45, 7) is 0.307. The number of nitrogens with zero attached hydrogens (tertiary/aromatic N) is 2. The van der Waals surface area contributed by atoms with Crippen LogP contribution in [0.5, 0.6) is 0 Å². The fourth-order valence-corrected chi connectivity index (χ4v) is 5.64. The van der Waals surface area contributed by atoms with E-state index >= 15 is 0 Å². The summed E-state index contributed by atoms with van der Waals surface area (Å²) in [5.41, 5.74) is 2.51. The fourth-order valence-electron chi connectivity index (χ4n) is 4.00. The molecule has 1 fully saturated rings. The summed E-state index contributed by atoms with van der Waals surface area (Å²) in [4.78, 5) is 24.5. The number of aliphatic hydroxyl groups excluding tert-OH is 1. The number of hydrogen-bond acceptors (Lipinski definition) is 5. The maximum atomic E-state index is 12.3. The number of para-hydroxylation sites is 1. The average molecular weight is 471 g/mol. The van der Waals surface area contributed by atoms with Gasteiger partial charge >= 0.3 is 11.8 Å². The third-order valence-electron chi connectivity index (χ3n) is 5.71. The first-order valence-corrected chi connectivity index (χ1v) is 12.3. The van der Waals surface area contributed by atoms with Gasteiger partial charge in [0.2, 0.25) is 10.0 Å². The number of fused-ring (bicyclic) bond motifs is 1. The van der Waals surface area contributed by atoms with E-state index in [0.717, 1.165) is 17.3 Å². The quantitative estimate of drug-likeness (QED) is 0.492. The molecule has 9 nitrogen and oxygen atoms in total. The molecule has 0 saturated carbocycles. The molecular weight excluding hydrogens is 444 g/mol. The molecule has 2 heterocycles. The van der Waals surface area contributed by atoms with Gasteiger partial charge in [-0.2, -0.15) is 0 Å². The van der Waals surface area contributed by atoms with Crippen molar-refractivity contribution in [3.05, 3.63) is 60.3 Å². The van der Waals surface area contributed by atoms with Crippen LogP contribution < -0.4 is 14.9 Å². The van der Waals surface area contributed by atoms with Gasteiger partial charge < -0.3 is 20.3 Å². The van der Waals surface area contributed by atoms with Crippen molar-refractivity contribution in [2.75, 3.05) is 28.5 Å². The smallest absolute Gasteiger partial charge is 0.313 e. The summed E-state index contributed by atoms with van der Waals surface area (Å²) in [6.07, 6.45) is 2.27. The summed E-state index contributed by atoms with van der Waals surface area (Å²) in [5.74, 6) is -1.63. The van der Waals surface area contributed by atoms with Gasteiger partial charge in [-0.25, -0.2) is 8.42 Å². The molecule has 10 heteroatoms. The first kappa shape index (κ1) is 22.8. The Hall–Kier alpha value is -3.37. The number of amides is 2. The highest BCUT2D eigenvalue weighted by Gasteiger charge is 2.26. The molecule has 1 aliphatic heterocycles. The predicted octanol–water partition coefficient (Wildman–Crippen LogP) is 1.90. The summed E-state index contributed by atoms with van der Waals surface area (Å²) in [6, 6.07) is 13.9. The second kappa shape index (κ2) is 9.24. The lowest BCUT2D eigenvalue weighted by Crippen LogP contribution is -2.38. The van der Waals surface area contributed by atoms with Crippen LogP contribution in [0.1, 0.15) is 24.5 Å². The molecule has 3 aromatic rings. The van der Waals surface area contributed by atoms with Crippen LogP contribution in [0.4, 0.5) is 11.4 Å². The number of hydrogen-bond donors (Lipinski definition) is 3. The molecule has 1 aromatic heterocycles. The number of aryl methyl sites for hydroxylation is 1. The Morgan fingerprint density at radius 3 is 2.52 bits per heavy atom. The molecule has 1 atom stereocenters. The van der Waals surface area contributed by atoms with Crippen LogP contribution in [-0.2, 0) is 26.7 Å². The maximum Gasteiger partial charge on any atom is 0.313 e. The fraction of sp³-hybridized carbons (Fsp3) is 0.304. The monoisotopic (exact) mass is 470 g/mol. The number of rotatable bonds is 5. The molecule has 4 rings (SSSR count). The third-order valence-corrected chi connectivity index (χ3v) is 7.58. The summed E-state index contributed by atoms with van der Waals surface area (Å²) in [5, 5.41) is 16.3. The summed E-state index contributed by atoms with van der Waals surface area (Å²) < 4.78 is 27.7. The van der Waals surface area contributed by atoms with Crippen LogP contribution in [0.25, 0.3) is 10.9 Å². The van der Waals surface area contributed by atoms with Crippen molar-refractivity contribution in [2.45, 2.75) is 18.9 Å². The minimum atomic E-state index is -3.32. The van der Waals surface area contributed by atoms with Gasteiger partial charge in [-0.1, -0.05) is 18.2 Å². The Labute approximate surface area is 192 Å². The molecule has 3 N–H and O–H groups in total. The zero-order chi connectivity index (χ0) is 23.6. The van der Waals surface area contributed by atoms with Crippen LogP contribution >= 0.6 is 0 Å². The molecule has 0 unspecified atom stereocenters. The van der Waals surface area contributed by atoms with Gasteiger partial charge in [0, 0.05) is 48.5 Å². The van der Waals surface area contributed by atoms with Gasteiger partial charge in [-0.05, 0) is 43.2 Å². The maximum absolute atomic E-state index is 12.3. The number of carbonyl (C=O) groups is 2. The standard InChI is InChI=1S/C23H26N4O5S/c1-26-15-19(18-6-2-3-7-20(18)26)21(28)14-24-22(29)23(30)25-16-8-10-17(11-9-16)27-12-4-5-13-33(27,31)32/h2-3,6-11,15,21,28H,4-5,12-14H2,1H3,(H,24,29)(H,25,30)/t21-/m1/s1. The van der Waals surface area contributed by atoms with E-state index in [4.69, 9.17) is 0 Å². The van der Waals surface area contributed by atoms with E-state index in [1.165, 1.54) is 4.31 Å². The lowest BCUT2D eigenvalue weighted by atomic mass is 10.1. The van der Waals surface area contributed by atoms with Crippen molar-refractivity contribution in [2.24, 2.45) is 7.05 Å². The first-order valence-electron chi connectivity index (χ1n) is 10.7. The number of sulfonamides is 1. The van der Waals surface area contributed by atoms with Crippen LogP contribution in [0.2, 0.25) is 0 Å². The van der Waals surface area contributed by atoms with Gasteiger partial charge in [-0.15, -0.1) is 0 Å². The molecule has 1 aliphatic rings. The molecule has 2 aromatic carbocycles. The highest BCUT2D eigenvalue weighted by atomic mass is 32.2. The van der Waals surface area contributed by atoms with Crippen LogP contribution in [0.3, 0.4) is 0 Å². The molecule has 174 valence electrons. The number of aliphatic hydroxyl groups is 1. The highest BCUT2D eigenvalue weighted by Crippen LogP contribution is 2.26. The predicted molar refractivity (Wildman–Crippen MR) is 126 cm³/mol. The lowest BCUT2D eigenvalue weighted by molar-refractivity contribution is -0.136. The van der Waals surface area contributed by atoms with Crippen molar-refractivity contribution in [1.29, 1.82) is 0 Å². The molecular formula is C23H26N4O5S. The van der Waals surface area contributed by atoms with E-state index in [2.05, 4.69) is 10.6 Å². The first-order chi connectivity index (χ1) is 15.8. The van der Waals surface area contributed by atoms with E-state index in [1.807, 2.05) is 35.9 Å². The largest absolute Gasteiger partial charge is 0.386 e. The topological polar surface area (TPSA) is 121 Å². The molecule has 0 spiro atoms. The number of benzene rings is 2. The zero-order valence-corrected chi connectivity index (χ0v) is 19.0. The van der Waals surface area contributed by atoms with Crippen molar-refractivity contribution >= 4 is 44.1 Å². The van der Waals surface area contributed by atoms with Gasteiger partial charge in [0.1, 0.15) is 0 Å². The van der Waals surface area contributed by atoms with Crippen LogP contribution in [-0.4, -0.2) is 48.7 Å². The van der Waals surface area contributed by atoms with E-state index in [9.17, 15) is 23.1 Å². The van der Waals surface area contributed by atoms with Gasteiger partial charge in [0.15, 0.2) is 0 Å². The highest BCUT2D eigenvalue weighted by molar-refractivity contribution is 7.92. The zero-order valence-electron chi connectivity index (χ0n) is 18.2. The van der Waals surface area contributed by atoms with Crippen molar-refractivity contribution in [3.63, 3.8) is 0 Å². The minimum absolute atomic E-state index is 0.119. The summed E-state index contributed by atoms with van der Waals surface area (Å²) in [7, 11) is -1.45. The molecule has 0 radical (unpaired) electrons. The van der Waals surface area contributed by atoms with Crippen molar-refractivity contribution in [1.82, 2.24) is 9.88 Å². The lowest BCUT2D eigenvalue weighted by Gasteiger charge is -2.28. The van der Waals surface area contributed by atoms with Crippen molar-refractivity contribution in [3.8, 4) is 0 Å². The molecule has 0 aliphatic carbocycles. The van der Waals surface area contributed by atoms with Crippen molar-refractivity contribution < 1.29 is 23.1 Å². The molecule has 1 saturated heterocycles. The Kier molecular flexibility index (Phi) is 6.39. The van der Waals surface area contributed by atoms with Crippen LogP contribution in [0, 0.1) is 0 Å². The normalized spacial score (nSPS) is 16.4. The van der Waals surface area contributed by atoms with Crippen LogP contribution in [0.15, 0.2) is 54.7 Å². The van der Waals surface area contributed by atoms with Gasteiger partial charge in [-0.3, -0.25) is 13.9 Å². The number of anilines is 2. The Morgan fingerprint density at radius 1 is 1.06 bits per heavy atom. The second-order valence-corrected chi connectivity index (χ2v) is 10.0. The van der Waals surface area contributed by atoms with Gasteiger partial charge in [0.05, 0.1) is 17.5 Å². The average Bonchev–Trinajstić information content (AvgIpc) is 3.14. The summed E-state index contributed by atoms with van der Waals surface area (Å²) >= 11 is 0. The third kappa shape index (κ3) is 4.86. The SMILES string of the molecule is Cn1cc([C@H](O)CNC(=O)C(=O)Nc2ccc(N3CCCCS3(=O)=O)cc2)c2ccccc21. The number of nitrogens with one attached hydrogen (secondary N) is 2. The number of aromatic nitrogens is 1. The molecule has 0 bridgehead atoms. The Balaban J connectivity index is 1.34. The Morgan fingerprint density at radius 2 is 1.79 bits per heavy atom. The molecule has 2 amide bonds. The van der Waals surface area contributed by atoms with E-state index in [1.54, 1.807) is 30.5 Å². The van der Waals surface area contributed by atoms with Gasteiger partial charge in [0.25, 0.3) is 0 Å². The molecule has 33 heavy (non-hydrogen) atoms.